The zero-order valence-electron chi connectivity index (χ0n) is 3.94. The molecular weight excluding hydrogens is 116 g/mol. The summed E-state index contributed by atoms with van der Waals surface area (Å²) in [5.74, 6) is -2.51. The van der Waals surface area contributed by atoms with Crippen LogP contribution in [0.15, 0.2) is 0 Å². The predicted octanol–water partition coefficient (Wildman–Crippen LogP) is -2.05. The van der Waals surface area contributed by atoms with Crippen LogP contribution in [-0.4, -0.2) is 34.0 Å². The fourth-order valence-electron chi connectivity index (χ4n) is 0.349. The summed E-state index contributed by atoms with van der Waals surface area (Å²) in [6.45, 7) is -0.215. The Morgan fingerprint density at radius 2 is 2.12 bits per heavy atom. The van der Waals surface area contributed by atoms with E-state index < -0.39 is 12.1 Å². The summed E-state index contributed by atoms with van der Waals surface area (Å²) in [5, 5.41) is 25.3. The summed E-state index contributed by atoms with van der Waals surface area (Å²) in [7, 11) is 0. The molecule has 8 heavy (non-hydrogen) atoms. The second-order valence-electron chi connectivity index (χ2n) is 1.54. The van der Waals surface area contributed by atoms with E-state index in [4.69, 9.17) is 15.3 Å². The third kappa shape index (κ3) is 0.816. The van der Waals surface area contributed by atoms with E-state index in [0.29, 0.717) is 0 Å². The van der Waals surface area contributed by atoms with E-state index in [1.807, 2.05) is 0 Å². The third-order valence-corrected chi connectivity index (χ3v) is 0.842. The molecule has 1 atom stereocenters. The van der Waals surface area contributed by atoms with Gasteiger partial charge in [-0.25, -0.2) is 4.89 Å². The molecule has 0 saturated carbocycles. The zero-order valence-corrected chi connectivity index (χ0v) is 3.94. The third-order valence-electron chi connectivity index (χ3n) is 0.842. The molecule has 5 heteroatoms. The van der Waals surface area contributed by atoms with Gasteiger partial charge >= 0.3 is 5.97 Å². The van der Waals surface area contributed by atoms with Crippen LogP contribution in [0.5, 0.6) is 0 Å². The van der Waals surface area contributed by atoms with Crippen molar-refractivity contribution in [3.63, 3.8) is 0 Å². The van der Waals surface area contributed by atoms with Crippen molar-refractivity contribution >= 4 is 0 Å². The van der Waals surface area contributed by atoms with Gasteiger partial charge in [0.2, 0.25) is 0 Å². The quantitative estimate of drug-likeness (QED) is 0.254. The van der Waals surface area contributed by atoms with Gasteiger partial charge in [0.05, 0.1) is 0 Å². The molecule has 1 aliphatic rings. The van der Waals surface area contributed by atoms with Crippen molar-refractivity contribution in [2.75, 3.05) is 6.61 Å². The van der Waals surface area contributed by atoms with Crippen molar-refractivity contribution in [2.24, 2.45) is 0 Å². The second kappa shape index (κ2) is 1.64. The minimum atomic E-state index is -2.51. The van der Waals surface area contributed by atoms with Gasteiger partial charge in [-0.1, -0.05) is 0 Å². The van der Waals surface area contributed by atoms with Crippen molar-refractivity contribution in [3.05, 3.63) is 0 Å². The summed E-state index contributed by atoms with van der Waals surface area (Å²) < 4.78 is 0. The minimum Gasteiger partial charge on any atom is -0.382 e. The highest BCUT2D eigenvalue weighted by Crippen LogP contribution is 2.16. The summed E-state index contributed by atoms with van der Waals surface area (Å²) in [6.07, 6.45) is -1.37. The Kier molecular flexibility index (Phi) is 1.22. The predicted molar refractivity (Wildman–Crippen MR) is 20.2 cm³/mol. The Morgan fingerprint density at radius 3 is 2.25 bits per heavy atom. The lowest BCUT2D eigenvalue weighted by atomic mass is 10.3. The molecule has 1 fully saturated rings. The zero-order chi connectivity index (χ0) is 6.20. The Hall–Kier alpha value is -0.200. The highest BCUT2D eigenvalue weighted by atomic mass is 17.3. The van der Waals surface area contributed by atoms with E-state index >= 15 is 0 Å². The van der Waals surface area contributed by atoms with Gasteiger partial charge in [-0.15, -0.1) is 0 Å². The van der Waals surface area contributed by atoms with E-state index in [9.17, 15) is 0 Å². The normalized spacial score (nSPS) is 35.6. The molecule has 0 aromatic heterocycles. The smallest absolute Gasteiger partial charge is 0.336 e. The standard InChI is InChI=1S/C3H6O5/c4-2-1-7-8-3(2,5)6/h2,4-6H,1H2. The van der Waals surface area contributed by atoms with Gasteiger partial charge < -0.3 is 15.3 Å². The van der Waals surface area contributed by atoms with Crippen LogP contribution >= 0.6 is 0 Å². The molecule has 0 aromatic rings. The van der Waals surface area contributed by atoms with Crippen molar-refractivity contribution in [2.45, 2.75) is 12.1 Å². The van der Waals surface area contributed by atoms with Gasteiger partial charge in [0.15, 0.2) is 6.10 Å². The van der Waals surface area contributed by atoms with Crippen molar-refractivity contribution in [1.29, 1.82) is 0 Å². The molecule has 0 aliphatic carbocycles. The molecule has 5 nitrogen and oxygen atoms in total. The van der Waals surface area contributed by atoms with Crippen LogP contribution in [0.25, 0.3) is 0 Å². The number of aliphatic hydroxyl groups is 3. The minimum absolute atomic E-state index is 0.215. The Morgan fingerprint density at radius 1 is 1.50 bits per heavy atom. The van der Waals surface area contributed by atoms with Crippen LogP contribution in [0.3, 0.4) is 0 Å². The van der Waals surface area contributed by atoms with Gasteiger partial charge in [-0.3, -0.25) is 0 Å². The molecule has 1 saturated heterocycles. The lowest BCUT2D eigenvalue weighted by Gasteiger charge is -2.12. The fraction of sp³-hybridized carbons (Fsp3) is 1.00. The maximum absolute atomic E-state index is 8.51. The first-order chi connectivity index (χ1) is 3.63. The van der Waals surface area contributed by atoms with Crippen LogP contribution in [0.2, 0.25) is 0 Å². The SMILES string of the molecule is OC1COOC1(O)O. The average molecular weight is 122 g/mol. The lowest BCUT2D eigenvalue weighted by molar-refractivity contribution is -0.449. The fourth-order valence-corrected chi connectivity index (χ4v) is 0.349. The summed E-state index contributed by atoms with van der Waals surface area (Å²) in [5.41, 5.74) is 0. The Labute approximate surface area is 45.0 Å². The maximum atomic E-state index is 8.51. The van der Waals surface area contributed by atoms with E-state index in [2.05, 4.69) is 9.78 Å². The lowest BCUT2D eigenvalue weighted by Crippen LogP contribution is -2.39. The Balaban J connectivity index is 2.54. The molecule has 1 heterocycles. The van der Waals surface area contributed by atoms with E-state index in [1.165, 1.54) is 0 Å². The molecule has 1 rings (SSSR count). The first kappa shape index (κ1) is 5.93. The monoisotopic (exact) mass is 122 g/mol. The maximum Gasteiger partial charge on any atom is 0.336 e. The highest BCUT2D eigenvalue weighted by Gasteiger charge is 2.42. The van der Waals surface area contributed by atoms with E-state index in [0.717, 1.165) is 0 Å². The summed E-state index contributed by atoms with van der Waals surface area (Å²) >= 11 is 0. The van der Waals surface area contributed by atoms with Crippen molar-refractivity contribution < 1.29 is 25.1 Å². The summed E-state index contributed by atoms with van der Waals surface area (Å²) in [4.78, 5) is 7.84. The van der Waals surface area contributed by atoms with Crippen molar-refractivity contribution in [3.8, 4) is 0 Å². The van der Waals surface area contributed by atoms with Gasteiger partial charge in [-0.05, 0) is 0 Å². The largest absolute Gasteiger partial charge is 0.382 e. The number of hydrogen-bond donors (Lipinski definition) is 3. The molecule has 48 valence electrons. The number of rotatable bonds is 0. The van der Waals surface area contributed by atoms with Gasteiger partial charge in [-0.2, -0.15) is 4.89 Å². The van der Waals surface area contributed by atoms with Gasteiger partial charge in [0.25, 0.3) is 0 Å². The molecule has 1 unspecified atom stereocenters. The molecule has 1 aliphatic heterocycles. The van der Waals surface area contributed by atoms with Crippen LogP contribution in [0, 0.1) is 0 Å². The highest BCUT2D eigenvalue weighted by molar-refractivity contribution is 4.65. The number of hydrogen-bond acceptors (Lipinski definition) is 5. The number of aliphatic hydroxyl groups excluding tert-OH is 1. The van der Waals surface area contributed by atoms with Crippen LogP contribution < -0.4 is 0 Å². The average Bonchev–Trinajstić information content (AvgIpc) is 1.86. The van der Waals surface area contributed by atoms with E-state index in [1.54, 1.807) is 0 Å². The van der Waals surface area contributed by atoms with Gasteiger partial charge in [0, 0.05) is 0 Å². The molecule has 0 aromatic carbocycles. The molecule has 0 bridgehead atoms. The Bertz CT molecular complexity index is 89.7. The summed E-state index contributed by atoms with van der Waals surface area (Å²) in [6, 6.07) is 0. The molecule has 0 amide bonds. The molecular formula is C3H6O5. The molecule has 0 radical (unpaired) electrons. The van der Waals surface area contributed by atoms with Crippen LogP contribution in [-0.2, 0) is 9.78 Å². The van der Waals surface area contributed by atoms with Crippen LogP contribution in [0.1, 0.15) is 0 Å². The van der Waals surface area contributed by atoms with Crippen LogP contribution in [0.4, 0.5) is 0 Å². The first-order valence-electron chi connectivity index (χ1n) is 2.06. The van der Waals surface area contributed by atoms with Gasteiger partial charge in [0.1, 0.15) is 6.61 Å². The van der Waals surface area contributed by atoms with E-state index in [-0.39, 0.29) is 6.61 Å². The second-order valence-corrected chi connectivity index (χ2v) is 1.54. The van der Waals surface area contributed by atoms with Crippen molar-refractivity contribution in [1.82, 2.24) is 0 Å². The topological polar surface area (TPSA) is 79.2 Å². The molecule has 3 N–H and O–H groups in total. The molecule has 0 spiro atoms. The first-order valence-corrected chi connectivity index (χ1v) is 2.06.